The molecule has 3 aromatic rings. The summed E-state index contributed by atoms with van der Waals surface area (Å²) < 4.78 is 0.694. The molecule has 0 fully saturated rings. The largest absolute Gasteiger partial charge is 0.361 e. The molecule has 1 aliphatic rings. The predicted octanol–water partition coefficient (Wildman–Crippen LogP) is 4.01. The molecular formula is C18H8BrN3O7. The molecule has 11 heteroatoms. The fourth-order valence-corrected chi connectivity index (χ4v) is 3.52. The molecule has 0 spiro atoms. The first-order chi connectivity index (χ1) is 13.8. The third-order valence-corrected chi connectivity index (χ3v) is 5.05. The van der Waals surface area contributed by atoms with Gasteiger partial charge in [0.1, 0.15) is 0 Å². The first-order valence-corrected chi connectivity index (χ1v) is 8.79. The molecule has 2 amide bonds. The number of nitrogens with zero attached hydrogens (tertiary/aromatic N) is 3. The fourth-order valence-electron chi connectivity index (χ4n) is 3.06. The Morgan fingerprint density at radius 2 is 1.59 bits per heavy atom. The SMILES string of the molecule is O=C1c2cccc3c(Br)ccc(c23)C(=O)N1Oc1ccc([N+](=O)[O-])cc1[N+](=O)[O-]. The lowest BCUT2D eigenvalue weighted by Crippen LogP contribution is -2.42. The maximum Gasteiger partial charge on any atom is 0.321 e. The highest BCUT2D eigenvalue weighted by Crippen LogP contribution is 2.36. The number of carbonyl (C=O) groups excluding carboxylic acids is 2. The van der Waals surface area contributed by atoms with Gasteiger partial charge in [0.05, 0.1) is 27.0 Å². The van der Waals surface area contributed by atoms with Gasteiger partial charge in [0.2, 0.25) is 5.75 Å². The van der Waals surface area contributed by atoms with E-state index in [-0.39, 0.29) is 11.1 Å². The maximum absolute atomic E-state index is 12.9. The van der Waals surface area contributed by atoms with Crippen molar-refractivity contribution in [3.63, 3.8) is 0 Å². The van der Waals surface area contributed by atoms with Gasteiger partial charge in [-0.25, -0.2) is 0 Å². The lowest BCUT2D eigenvalue weighted by molar-refractivity contribution is -0.395. The van der Waals surface area contributed by atoms with Crippen LogP contribution in [0.4, 0.5) is 11.4 Å². The van der Waals surface area contributed by atoms with Crippen molar-refractivity contribution in [1.82, 2.24) is 5.06 Å². The number of imide groups is 1. The third kappa shape index (κ3) is 2.88. The number of amides is 2. The molecule has 0 unspecified atom stereocenters. The number of hydrogen-bond donors (Lipinski definition) is 0. The summed E-state index contributed by atoms with van der Waals surface area (Å²) in [6.45, 7) is 0. The van der Waals surface area contributed by atoms with Gasteiger partial charge in [-0.15, -0.1) is 0 Å². The quantitative estimate of drug-likeness (QED) is 0.328. The zero-order valence-electron chi connectivity index (χ0n) is 14.2. The highest BCUT2D eigenvalue weighted by atomic mass is 79.9. The van der Waals surface area contributed by atoms with E-state index in [1.165, 1.54) is 12.1 Å². The Balaban J connectivity index is 1.81. The third-order valence-electron chi connectivity index (χ3n) is 4.36. The normalized spacial score (nSPS) is 12.9. The van der Waals surface area contributed by atoms with Crippen LogP contribution in [-0.4, -0.2) is 26.7 Å². The molecule has 144 valence electrons. The highest BCUT2D eigenvalue weighted by molar-refractivity contribution is 9.10. The van der Waals surface area contributed by atoms with Gasteiger partial charge in [-0.2, -0.15) is 0 Å². The standard InChI is InChI=1S/C18H8BrN3O7/c19-13-6-5-12-16-10(13)2-1-3-11(16)17(23)20(18(12)24)29-15-7-4-9(21(25)26)8-14(15)22(27)28/h1-8H. The minimum absolute atomic E-state index is 0.183. The summed E-state index contributed by atoms with van der Waals surface area (Å²) in [5.74, 6) is -2.09. The molecule has 0 bridgehead atoms. The minimum Gasteiger partial charge on any atom is -0.361 e. The molecule has 0 N–H and O–H groups in total. The van der Waals surface area contributed by atoms with E-state index in [0.29, 0.717) is 26.4 Å². The van der Waals surface area contributed by atoms with E-state index in [0.717, 1.165) is 12.1 Å². The van der Waals surface area contributed by atoms with Crippen molar-refractivity contribution < 1.29 is 24.3 Å². The van der Waals surface area contributed by atoms with E-state index in [4.69, 9.17) is 4.84 Å². The number of hydroxylamine groups is 2. The van der Waals surface area contributed by atoms with Crippen molar-refractivity contribution >= 4 is 49.9 Å². The number of nitro groups is 2. The number of nitro benzene ring substituents is 2. The van der Waals surface area contributed by atoms with Crippen molar-refractivity contribution in [2.45, 2.75) is 0 Å². The summed E-state index contributed by atoms with van der Waals surface area (Å²) in [4.78, 5) is 51.5. The molecule has 0 atom stereocenters. The fraction of sp³-hybridized carbons (Fsp3) is 0. The van der Waals surface area contributed by atoms with Gasteiger partial charge in [0.25, 0.3) is 17.5 Å². The van der Waals surface area contributed by atoms with E-state index in [9.17, 15) is 29.8 Å². The van der Waals surface area contributed by atoms with Crippen LogP contribution in [-0.2, 0) is 0 Å². The summed E-state index contributed by atoms with van der Waals surface area (Å²) in [7, 11) is 0. The molecule has 10 nitrogen and oxygen atoms in total. The van der Waals surface area contributed by atoms with Crippen LogP contribution in [0.1, 0.15) is 20.7 Å². The van der Waals surface area contributed by atoms with Crippen LogP contribution in [0.5, 0.6) is 5.75 Å². The number of benzene rings is 3. The van der Waals surface area contributed by atoms with Gasteiger partial charge in [-0.05, 0) is 29.7 Å². The number of hydrogen-bond acceptors (Lipinski definition) is 7. The highest BCUT2D eigenvalue weighted by Gasteiger charge is 2.37. The Morgan fingerprint density at radius 1 is 0.897 bits per heavy atom. The first kappa shape index (κ1) is 18.5. The second kappa shape index (κ2) is 6.63. The molecule has 0 saturated heterocycles. The number of halogens is 1. The van der Waals surface area contributed by atoms with Gasteiger partial charge in [-0.1, -0.05) is 33.1 Å². The molecule has 4 rings (SSSR count). The molecule has 0 radical (unpaired) electrons. The minimum atomic E-state index is -0.896. The topological polar surface area (TPSA) is 133 Å². The Labute approximate surface area is 169 Å². The lowest BCUT2D eigenvalue weighted by atomic mass is 9.95. The van der Waals surface area contributed by atoms with Gasteiger partial charge in [-0.3, -0.25) is 29.8 Å². The van der Waals surface area contributed by atoms with Crippen LogP contribution < -0.4 is 4.84 Å². The van der Waals surface area contributed by atoms with Crippen LogP contribution in [0.15, 0.2) is 53.0 Å². The van der Waals surface area contributed by atoms with Crippen molar-refractivity contribution in [3.8, 4) is 5.75 Å². The van der Waals surface area contributed by atoms with E-state index in [2.05, 4.69) is 15.9 Å². The summed E-state index contributed by atoms with van der Waals surface area (Å²) in [6.07, 6.45) is 0. The van der Waals surface area contributed by atoms with Crippen LogP contribution in [0.2, 0.25) is 0 Å². The van der Waals surface area contributed by atoms with Crippen molar-refractivity contribution in [2.75, 3.05) is 0 Å². The van der Waals surface area contributed by atoms with Crippen LogP contribution >= 0.6 is 15.9 Å². The molecule has 3 aromatic carbocycles. The predicted molar refractivity (Wildman–Crippen MR) is 103 cm³/mol. The monoisotopic (exact) mass is 457 g/mol. The number of rotatable bonds is 4. The van der Waals surface area contributed by atoms with Crippen molar-refractivity contribution in [3.05, 3.63) is 84.4 Å². The Bertz CT molecular complexity index is 1240. The van der Waals surface area contributed by atoms with Crippen molar-refractivity contribution in [2.24, 2.45) is 0 Å². The summed E-state index contributed by atoms with van der Waals surface area (Å²) in [5.41, 5.74) is -0.911. The van der Waals surface area contributed by atoms with E-state index in [1.807, 2.05) is 0 Å². The molecular weight excluding hydrogens is 450 g/mol. The van der Waals surface area contributed by atoms with Crippen LogP contribution in [0.3, 0.4) is 0 Å². The molecule has 0 saturated carbocycles. The average Bonchev–Trinajstić information content (AvgIpc) is 2.70. The summed E-state index contributed by atoms with van der Waals surface area (Å²) >= 11 is 3.37. The smallest absolute Gasteiger partial charge is 0.321 e. The molecule has 29 heavy (non-hydrogen) atoms. The second-order valence-corrected chi connectivity index (χ2v) is 6.84. The van der Waals surface area contributed by atoms with E-state index < -0.39 is 38.8 Å². The zero-order chi connectivity index (χ0) is 20.9. The van der Waals surface area contributed by atoms with Crippen LogP contribution in [0.25, 0.3) is 10.8 Å². The van der Waals surface area contributed by atoms with Crippen LogP contribution in [0, 0.1) is 20.2 Å². The van der Waals surface area contributed by atoms with E-state index >= 15 is 0 Å². The lowest BCUT2D eigenvalue weighted by Gasteiger charge is -2.26. The maximum atomic E-state index is 12.9. The van der Waals surface area contributed by atoms with Gasteiger partial charge >= 0.3 is 5.69 Å². The number of carbonyl (C=O) groups is 2. The summed E-state index contributed by atoms with van der Waals surface area (Å²) in [6, 6.07) is 10.7. The zero-order valence-corrected chi connectivity index (χ0v) is 15.8. The average molecular weight is 458 g/mol. The van der Waals surface area contributed by atoms with Gasteiger partial charge < -0.3 is 4.84 Å². The molecule has 1 heterocycles. The van der Waals surface area contributed by atoms with Gasteiger partial charge in [0.15, 0.2) is 0 Å². The molecule has 0 aromatic heterocycles. The number of non-ortho nitro benzene ring substituents is 1. The Kier molecular flexibility index (Phi) is 4.23. The Morgan fingerprint density at radius 3 is 2.24 bits per heavy atom. The van der Waals surface area contributed by atoms with Crippen molar-refractivity contribution in [1.29, 1.82) is 0 Å². The summed E-state index contributed by atoms with van der Waals surface area (Å²) in [5, 5.41) is 23.7. The van der Waals surface area contributed by atoms with E-state index in [1.54, 1.807) is 18.2 Å². The van der Waals surface area contributed by atoms with Gasteiger partial charge in [0, 0.05) is 15.9 Å². The molecule has 0 aliphatic carbocycles. The first-order valence-electron chi connectivity index (χ1n) is 8.00. The molecule has 1 aliphatic heterocycles. The Hall–Kier alpha value is -3.86. The second-order valence-electron chi connectivity index (χ2n) is 5.99.